The summed E-state index contributed by atoms with van der Waals surface area (Å²) in [6, 6.07) is 7.67. The molecule has 0 saturated heterocycles. The molecule has 1 aromatic rings. The first-order valence-electron chi connectivity index (χ1n) is 6.01. The van der Waals surface area contributed by atoms with E-state index in [2.05, 4.69) is 5.32 Å². The van der Waals surface area contributed by atoms with E-state index in [1.165, 1.54) is 0 Å². The highest BCUT2D eigenvalue weighted by molar-refractivity contribution is 5.81. The predicted octanol–water partition coefficient (Wildman–Crippen LogP) is 0.596. The second-order valence-corrected chi connectivity index (χ2v) is 3.94. The van der Waals surface area contributed by atoms with E-state index in [4.69, 9.17) is 10.5 Å². The normalized spacial score (nSPS) is 9.94. The quantitative estimate of drug-likeness (QED) is 0.744. The Kier molecular flexibility index (Phi) is 6.00. The lowest BCUT2D eigenvalue weighted by molar-refractivity contribution is -0.119. The SMILES string of the molecule is CNC(=O)CN(CCCN)c1cccc(OC)c1. The second kappa shape index (κ2) is 7.55. The van der Waals surface area contributed by atoms with Crippen molar-refractivity contribution in [3.05, 3.63) is 24.3 Å². The Bertz CT molecular complexity index is 382. The Morgan fingerprint density at radius 2 is 2.28 bits per heavy atom. The number of rotatable bonds is 7. The van der Waals surface area contributed by atoms with E-state index < -0.39 is 0 Å². The van der Waals surface area contributed by atoms with Crippen LogP contribution >= 0.6 is 0 Å². The first kappa shape index (κ1) is 14.3. The lowest BCUT2D eigenvalue weighted by Gasteiger charge is -2.24. The molecule has 0 unspecified atom stereocenters. The van der Waals surface area contributed by atoms with Crippen LogP contribution in [0.3, 0.4) is 0 Å². The van der Waals surface area contributed by atoms with Crippen molar-refractivity contribution in [2.45, 2.75) is 6.42 Å². The summed E-state index contributed by atoms with van der Waals surface area (Å²) in [5.41, 5.74) is 6.49. The molecule has 1 amide bonds. The van der Waals surface area contributed by atoms with Gasteiger partial charge in [-0.2, -0.15) is 0 Å². The lowest BCUT2D eigenvalue weighted by atomic mass is 10.2. The van der Waals surface area contributed by atoms with Gasteiger partial charge in [0.05, 0.1) is 13.7 Å². The van der Waals surface area contributed by atoms with E-state index >= 15 is 0 Å². The summed E-state index contributed by atoms with van der Waals surface area (Å²) in [7, 11) is 3.26. The number of anilines is 1. The standard InChI is InChI=1S/C13H21N3O2/c1-15-13(17)10-16(8-4-7-14)11-5-3-6-12(9-11)18-2/h3,5-6,9H,4,7-8,10,14H2,1-2H3,(H,15,17). The smallest absolute Gasteiger partial charge is 0.239 e. The van der Waals surface area contributed by atoms with Gasteiger partial charge in [-0.1, -0.05) is 6.07 Å². The zero-order valence-electron chi connectivity index (χ0n) is 11.0. The van der Waals surface area contributed by atoms with E-state index in [0.717, 1.165) is 24.4 Å². The van der Waals surface area contributed by atoms with Crippen molar-refractivity contribution in [3.8, 4) is 5.75 Å². The molecular weight excluding hydrogens is 230 g/mol. The maximum Gasteiger partial charge on any atom is 0.239 e. The molecule has 0 fully saturated rings. The summed E-state index contributed by atoms with van der Waals surface area (Å²) >= 11 is 0. The zero-order chi connectivity index (χ0) is 13.4. The minimum absolute atomic E-state index is 0.0187. The van der Waals surface area contributed by atoms with Gasteiger partial charge in [-0.3, -0.25) is 4.79 Å². The second-order valence-electron chi connectivity index (χ2n) is 3.94. The Balaban J connectivity index is 2.82. The van der Waals surface area contributed by atoms with Crippen LogP contribution in [0.2, 0.25) is 0 Å². The van der Waals surface area contributed by atoms with Crippen molar-refractivity contribution in [1.82, 2.24) is 5.32 Å². The minimum Gasteiger partial charge on any atom is -0.497 e. The van der Waals surface area contributed by atoms with Gasteiger partial charge >= 0.3 is 0 Å². The summed E-state index contributed by atoms with van der Waals surface area (Å²) < 4.78 is 5.19. The van der Waals surface area contributed by atoms with Crippen LogP contribution in [0.25, 0.3) is 0 Å². The van der Waals surface area contributed by atoms with Crippen molar-refractivity contribution in [3.63, 3.8) is 0 Å². The van der Waals surface area contributed by atoms with Crippen molar-refractivity contribution in [2.75, 3.05) is 38.7 Å². The summed E-state index contributed by atoms with van der Waals surface area (Å²) in [4.78, 5) is 13.5. The van der Waals surface area contributed by atoms with E-state index in [1.807, 2.05) is 29.2 Å². The van der Waals surface area contributed by atoms with Gasteiger partial charge in [-0.25, -0.2) is 0 Å². The van der Waals surface area contributed by atoms with Gasteiger partial charge in [0.25, 0.3) is 0 Å². The third-order valence-electron chi connectivity index (χ3n) is 2.66. The molecule has 18 heavy (non-hydrogen) atoms. The van der Waals surface area contributed by atoms with Gasteiger partial charge in [0, 0.05) is 25.3 Å². The van der Waals surface area contributed by atoms with Crippen LogP contribution in [0, 0.1) is 0 Å². The average molecular weight is 251 g/mol. The number of carbonyl (C=O) groups excluding carboxylic acids is 1. The van der Waals surface area contributed by atoms with Crippen LogP contribution in [-0.4, -0.2) is 39.7 Å². The molecular formula is C13H21N3O2. The number of nitrogens with two attached hydrogens (primary N) is 1. The van der Waals surface area contributed by atoms with Crippen LogP contribution in [0.15, 0.2) is 24.3 Å². The first-order valence-corrected chi connectivity index (χ1v) is 6.01. The molecule has 0 atom stereocenters. The predicted molar refractivity (Wildman–Crippen MR) is 72.9 cm³/mol. The van der Waals surface area contributed by atoms with Crippen molar-refractivity contribution >= 4 is 11.6 Å². The number of nitrogens with one attached hydrogen (secondary N) is 1. The molecule has 0 aliphatic carbocycles. The van der Waals surface area contributed by atoms with Gasteiger partial charge in [-0.15, -0.1) is 0 Å². The molecule has 0 spiro atoms. The largest absolute Gasteiger partial charge is 0.497 e. The van der Waals surface area contributed by atoms with Crippen molar-refractivity contribution in [2.24, 2.45) is 5.73 Å². The van der Waals surface area contributed by atoms with Gasteiger partial charge < -0.3 is 20.7 Å². The van der Waals surface area contributed by atoms with E-state index in [-0.39, 0.29) is 5.91 Å². The molecule has 0 aliphatic rings. The summed E-state index contributed by atoms with van der Waals surface area (Å²) in [5.74, 6) is 0.761. The molecule has 5 nitrogen and oxygen atoms in total. The number of amides is 1. The molecule has 0 bridgehead atoms. The molecule has 0 heterocycles. The van der Waals surface area contributed by atoms with Crippen LogP contribution in [0.1, 0.15) is 6.42 Å². The average Bonchev–Trinajstić information content (AvgIpc) is 2.43. The number of carbonyl (C=O) groups is 1. The first-order chi connectivity index (χ1) is 8.71. The highest BCUT2D eigenvalue weighted by Gasteiger charge is 2.10. The molecule has 0 saturated carbocycles. The number of nitrogens with zero attached hydrogens (tertiary/aromatic N) is 1. The fourth-order valence-electron chi connectivity index (χ4n) is 1.64. The minimum atomic E-state index is -0.0187. The van der Waals surface area contributed by atoms with Gasteiger partial charge in [0.1, 0.15) is 5.75 Å². The summed E-state index contributed by atoms with van der Waals surface area (Å²) in [6.07, 6.45) is 0.841. The maximum atomic E-state index is 11.5. The third-order valence-corrected chi connectivity index (χ3v) is 2.66. The zero-order valence-corrected chi connectivity index (χ0v) is 11.0. The Labute approximate surface area is 108 Å². The molecule has 3 N–H and O–H groups in total. The fraction of sp³-hybridized carbons (Fsp3) is 0.462. The monoisotopic (exact) mass is 251 g/mol. The number of benzene rings is 1. The van der Waals surface area contributed by atoms with Crippen molar-refractivity contribution < 1.29 is 9.53 Å². The molecule has 1 aromatic carbocycles. The number of likely N-dealkylation sites (N-methyl/N-ethyl adjacent to an activating group) is 1. The van der Waals surface area contributed by atoms with Crippen molar-refractivity contribution in [1.29, 1.82) is 0 Å². The molecule has 0 aromatic heterocycles. The number of hydrogen-bond donors (Lipinski definition) is 2. The highest BCUT2D eigenvalue weighted by Crippen LogP contribution is 2.20. The topological polar surface area (TPSA) is 67.6 Å². The van der Waals surface area contributed by atoms with E-state index in [9.17, 15) is 4.79 Å². The van der Waals surface area contributed by atoms with Gasteiger partial charge in [0.2, 0.25) is 5.91 Å². The molecule has 5 heteroatoms. The third kappa shape index (κ3) is 4.25. The van der Waals surface area contributed by atoms with Gasteiger partial charge in [0.15, 0.2) is 0 Å². The Hall–Kier alpha value is -1.75. The highest BCUT2D eigenvalue weighted by atomic mass is 16.5. The molecule has 1 rings (SSSR count). The van der Waals surface area contributed by atoms with E-state index in [1.54, 1.807) is 14.2 Å². The lowest BCUT2D eigenvalue weighted by Crippen LogP contribution is -2.36. The maximum absolute atomic E-state index is 11.5. The van der Waals surface area contributed by atoms with Crippen LogP contribution in [0.4, 0.5) is 5.69 Å². The molecule has 100 valence electrons. The van der Waals surface area contributed by atoms with E-state index in [0.29, 0.717) is 13.1 Å². The van der Waals surface area contributed by atoms with Crippen LogP contribution in [-0.2, 0) is 4.79 Å². The van der Waals surface area contributed by atoms with Crippen LogP contribution < -0.4 is 20.7 Å². The Morgan fingerprint density at radius 1 is 1.50 bits per heavy atom. The summed E-state index contributed by atoms with van der Waals surface area (Å²) in [5, 5.41) is 2.63. The molecule has 0 radical (unpaired) electrons. The fourth-order valence-corrected chi connectivity index (χ4v) is 1.64. The number of hydrogen-bond acceptors (Lipinski definition) is 4. The molecule has 0 aliphatic heterocycles. The number of ether oxygens (including phenoxy) is 1. The van der Waals surface area contributed by atoms with Gasteiger partial charge in [-0.05, 0) is 25.1 Å². The van der Waals surface area contributed by atoms with Crippen LogP contribution in [0.5, 0.6) is 5.75 Å². The summed E-state index contributed by atoms with van der Waals surface area (Å²) in [6.45, 7) is 1.68. The Morgan fingerprint density at radius 3 is 2.89 bits per heavy atom. The number of methoxy groups -OCH3 is 1.